The molecule has 0 bridgehead atoms. The molecule has 1 saturated carbocycles. The molecule has 1 aliphatic rings. The molecule has 96 valence electrons. The van der Waals surface area contributed by atoms with E-state index in [4.69, 9.17) is 4.74 Å². The maximum Gasteiger partial charge on any atom is 0.338 e. The average molecular weight is 236 g/mol. The summed E-state index contributed by atoms with van der Waals surface area (Å²) in [6.45, 7) is 9.93. The van der Waals surface area contributed by atoms with Gasteiger partial charge >= 0.3 is 5.97 Å². The van der Waals surface area contributed by atoms with Gasteiger partial charge in [0.15, 0.2) is 0 Å². The van der Waals surface area contributed by atoms with Crippen LogP contribution < -0.4 is 0 Å². The molecule has 0 aromatic rings. The smallest absolute Gasteiger partial charge is 0.338 e. The Morgan fingerprint density at radius 2 is 1.65 bits per heavy atom. The molecule has 17 heavy (non-hydrogen) atoms. The van der Waals surface area contributed by atoms with Gasteiger partial charge in [-0.2, -0.15) is 0 Å². The fourth-order valence-electron chi connectivity index (χ4n) is 2.20. The summed E-state index contributed by atoms with van der Waals surface area (Å²) in [6.07, 6.45) is 6.22. The Hall–Kier alpha value is -1.05. The zero-order chi connectivity index (χ0) is 13.1. The predicted molar refractivity (Wildman–Crippen MR) is 70.8 cm³/mol. The van der Waals surface area contributed by atoms with E-state index in [0.717, 1.165) is 36.8 Å². The summed E-state index contributed by atoms with van der Waals surface area (Å²) in [6, 6.07) is 0. The van der Waals surface area contributed by atoms with Crippen LogP contribution in [-0.2, 0) is 9.53 Å². The molecule has 0 spiro atoms. The summed E-state index contributed by atoms with van der Waals surface area (Å²) in [4.78, 5) is 12.2. The van der Waals surface area contributed by atoms with Crippen molar-refractivity contribution in [1.29, 1.82) is 0 Å². The summed E-state index contributed by atoms with van der Waals surface area (Å²) in [5.41, 5.74) is 2.60. The molecule has 1 rings (SSSR count). The van der Waals surface area contributed by atoms with Crippen molar-refractivity contribution in [1.82, 2.24) is 0 Å². The molecule has 0 radical (unpaired) electrons. The van der Waals surface area contributed by atoms with Crippen LogP contribution >= 0.6 is 0 Å². The maximum absolute atomic E-state index is 12.2. The van der Waals surface area contributed by atoms with Gasteiger partial charge in [0, 0.05) is 0 Å². The van der Waals surface area contributed by atoms with E-state index in [1.807, 2.05) is 40.7 Å². The lowest BCUT2D eigenvalue weighted by molar-refractivity contribution is -0.152. The van der Waals surface area contributed by atoms with Gasteiger partial charge in [-0.3, -0.25) is 0 Å². The van der Waals surface area contributed by atoms with Crippen molar-refractivity contribution in [2.24, 2.45) is 0 Å². The lowest BCUT2D eigenvalue weighted by Crippen LogP contribution is -2.28. The Bertz CT molecular complexity index is 347. The van der Waals surface area contributed by atoms with Crippen LogP contribution in [-0.4, -0.2) is 11.6 Å². The number of carbonyl (C=O) groups excluding carboxylic acids is 1. The topological polar surface area (TPSA) is 26.3 Å². The molecule has 1 aliphatic carbocycles. The lowest BCUT2D eigenvalue weighted by atomic mass is 10.0. The molecule has 0 amide bonds. The molecule has 0 atom stereocenters. The lowest BCUT2D eigenvalue weighted by Gasteiger charge is -2.24. The normalized spacial score (nSPS) is 17.5. The van der Waals surface area contributed by atoms with Gasteiger partial charge in [0.05, 0.1) is 5.57 Å². The number of hydrogen-bond acceptors (Lipinski definition) is 2. The highest BCUT2D eigenvalue weighted by Gasteiger charge is 2.33. The Morgan fingerprint density at radius 1 is 1.12 bits per heavy atom. The van der Waals surface area contributed by atoms with E-state index in [2.05, 4.69) is 0 Å². The average Bonchev–Trinajstić information content (AvgIpc) is 2.60. The molecule has 2 heteroatoms. The van der Waals surface area contributed by atoms with E-state index in [0.29, 0.717) is 5.57 Å². The summed E-state index contributed by atoms with van der Waals surface area (Å²) in [7, 11) is 0. The van der Waals surface area contributed by atoms with Gasteiger partial charge in [0.25, 0.3) is 0 Å². The van der Waals surface area contributed by atoms with Gasteiger partial charge in [0.1, 0.15) is 5.60 Å². The van der Waals surface area contributed by atoms with Crippen molar-refractivity contribution < 1.29 is 9.53 Å². The second-order valence-corrected chi connectivity index (χ2v) is 5.68. The maximum atomic E-state index is 12.2. The number of hydrogen-bond donors (Lipinski definition) is 0. The fourth-order valence-corrected chi connectivity index (χ4v) is 2.20. The van der Waals surface area contributed by atoms with Crippen LogP contribution in [0.2, 0.25) is 0 Å². The molecule has 1 fully saturated rings. The molecule has 0 N–H and O–H groups in total. The van der Waals surface area contributed by atoms with Gasteiger partial charge in [-0.1, -0.05) is 11.1 Å². The Labute approximate surface area is 105 Å². The van der Waals surface area contributed by atoms with Crippen molar-refractivity contribution >= 4 is 5.97 Å². The number of rotatable bonds is 3. The Morgan fingerprint density at radius 3 is 2.06 bits per heavy atom. The van der Waals surface area contributed by atoms with E-state index in [1.165, 1.54) is 0 Å². The van der Waals surface area contributed by atoms with Gasteiger partial charge in [-0.25, -0.2) is 4.79 Å². The predicted octanol–water partition coefficient (Wildman–Crippen LogP) is 4.16. The molecule has 0 aliphatic heterocycles. The highest BCUT2D eigenvalue weighted by Crippen LogP contribution is 2.33. The van der Waals surface area contributed by atoms with Gasteiger partial charge in [-0.15, -0.1) is 0 Å². The van der Waals surface area contributed by atoms with Crippen LogP contribution in [0.3, 0.4) is 0 Å². The Kier molecular flexibility index (Phi) is 4.55. The van der Waals surface area contributed by atoms with Crippen LogP contribution in [0, 0.1) is 0 Å². The molecule has 0 unspecified atom stereocenters. The minimum atomic E-state index is -0.243. The molecular formula is C15H24O2. The third-order valence-corrected chi connectivity index (χ3v) is 3.19. The first-order valence-electron chi connectivity index (χ1n) is 6.40. The van der Waals surface area contributed by atoms with E-state index in [1.54, 1.807) is 0 Å². The first-order chi connectivity index (χ1) is 7.84. The van der Waals surface area contributed by atoms with Crippen LogP contribution in [0.15, 0.2) is 22.8 Å². The van der Waals surface area contributed by atoms with Crippen LogP contribution in [0.4, 0.5) is 0 Å². The van der Waals surface area contributed by atoms with E-state index in [9.17, 15) is 4.79 Å². The van der Waals surface area contributed by atoms with Crippen LogP contribution in [0.25, 0.3) is 0 Å². The molecular weight excluding hydrogens is 212 g/mol. The van der Waals surface area contributed by atoms with Gasteiger partial charge in [0.2, 0.25) is 0 Å². The van der Waals surface area contributed by atoms with E-state index < -0.39 is 0 Å². The highest BCUT2D eigenvalue weighted by molar-refractivity contribution is 5.92. The minimum Gasteiger partial charge on any atom is -0.456 e. The zero-order valence-corrected chi connectivity index (χ0v) is 11.7. The second kappa shape index (κ2) is 5.52. The summed E-state index contributed by atoms with van der Waals surface area (Å²) in [5, 5.41) is 0. The SMILES string of the molecule is CC(C)=CC(C(=O)OC1(C)CCCC1)=C(C)C. The number of allylic oxidation sites excluding steroid dienone is 2. The quantitative estimate of drug-likeness (QED) is 0.418. The van der Waals surface area contributed by atoms with Crippen LogP contribution in [0.1, 0.15) is 60.3 Å². The van der Waals surface area contributed by atoms with Crippen molar-refractivity contribution in [3.8, 4) is 0 Å². The summed E-state index contributed by atoms with van der Waals surface area (Å²) < 4.78 is 5.68. The molecule has 2 nitrogen and oxygen atoms in total. The van der Waals surface area contributed by atoms with Crippen molar-refractivity contribution in [3.05, 3.63) is 22.8 Å². The molecule has 0 aromatic carbocycles. The van der Waals surface area contributed by atoms with Gasteiger partial charge < -0.3 is 4.74 Å². The first-order valence-corrected chi connectivity index (χ1v) is 6.40. The van der Waals surface area contributed by atoms with Gasteiger partial charge in [-0.05, 0) is 66.4 Å². The monoisotopic (exact) mass is 236 g/mol. The molecule has 0 heterocycles. The van der Waals surface area contributed by atoms with Crippen LogP contribution in [0.5, 0.6) is 0 Å². The summed E-state index contributed by atoms with van der Waals surface area (Å²) >= 11 is 0. The molecule has 0 saturated heterocycles. The number of carbonyl (C=O) groups is 1. The summed E-state index contributed by atoms with van der Waals surface area (Å²) in [5.74, 6) is -0.171. The Balaban J connectivity index is 2.81. The third kappa shape index (κ3) is 4.03. The molecule has 0 aromatic heterocycles. The first kappa shape index (κ1) is 14.0. The number of esters is 1. The minimum absolute atomic E-state index is 0.171. The van der Waals surface area contributed by atoms with E-state index >= 15 is 0 Å². The number of ether oxygens (including phenoxy) is 1. The fraction of sp³-hybridized carbons (Fsp3) is 0.667. The largest absolute Gasteiger partial charge is 0.456 e. The van der Waals surface area contributed by atoms with Crippen molar-refractivity contribution in [2.75, 3.05) is 0 Å². The highest BCUT2D eigenvalue weighted by atomic mass is 16.6. The zero-order valence-electron chi connectivity index (χ0n) is 11.7. The van der Waals surface area contributed by atoms with Crippen molar-refractivity contribution in [3.63, 3.8) is 0 Å². The second-order valence-electron chi connectivity index (χ2n) is 5.68. The van der Waals surface area contributed by atoms with Crippen molar-refractivity contribution in [2.45, 2.75) is 65.9 Å². The van der Waals surface area contributed by atoms with E-state index in [-0.39, 0.29) is 11.6 Å². The third-order valence-electron chi connectivity index (χ3n) is 3.19. The standard InChI is InChI=1S/C15H24O2/c1-11(2)10-13(12(3)4)14(16)17-15(5)8-6-7-9-15/h10H,6-9H2,1-5H3.